The standard InChI is InChI=1S/C23H20N2O3S/c1-25(2)23(27)29-20-10-6-5-9-18(20)24-21(26)13-16-14-28-19-12-11-15-7-3-4-8-17(15)22(16)19/h3-12,14H,13H2,1-2H3,(H,24,26). The summed E-state index contributed by atoms with van der Waals surface area (Å²) in [5.74, 6) is -0.161. The van der Waals surface area contributed by atoms with Gasteiger partial charge in [-0.25, -0.2) is 0 Å². The van der Waals surface area contributed by atoms with Gasteiger partial charge in [0, 0.05) is 29.9 Å². The molecule has 5 nitrogen and oxygen atoms in total. The lowest BCUT2D eigenvalue weighted by atomic mass is 10.0. The number of benzene rings is 3. The fourth-order valence-electron chi connectivity index (χ4n) is 3.22. The second-order valence-corrected chi connectivity index (χ2v) is 7.90. The molecular weight excluding hydrogens is 384 g/mol. The van der Waals surface area contributed by atoms with Gasteiger partial charge in [-0.05, 0) is 40.7 Å². The van der Waals surface area contributed by atoms with E-state index < -0.39 is 0 Å². The number of hydrogen-bond donors (Lipinski definition) is 1. The number of nitrogens with zero attached hydrogens (tertiary/aromatic N) is 1. The highest BCUT2D eigenvalue weighted by Gasteiger charge is 2.16. The summed E-state index contributed by atoms with van der Waals surface area (Å²) in [6, 6.07) is 19.3. The van der Waals surface area contributed by atoms with E-state index >= 15 is 0 Å². The second-order valence-electron chi connectivity index (χ2n) is 6.90. The number of nitrogens with one attached hydrogen (secondary N) is 1. The Bertz CT molecular complexity index is 1210. The minimum absolute atomic E-state index is 0.0982. The number of amides is 2. The molecule has 0 spiro atoms. The highest BCUT2D eigenvalue weighted by Crippen LogP contribution is 2.31. The number of fused-ring (bicyclic) bond motifs is 3. The average Bonchev–Trinajstić information content (AvgIpc) is 3.12. The molecular formula is C23H20N2O3S. The minimum atomic E-state index is -0.161. The van der Waals surface area contributed by atoms with Crippen LogP contribution in [-0.2, 0) is 11.2 Å². The zero-order valence-corrected chi connectivity index (χ0v) is 17.0. The molecule has 0 bridgehead atoms. The van der Waals surface area contributed by atoms with Gasteiger partial charge in [0.25, 0.3) is 5.24 Å². The Morgan fingerprint density at radius 1 is 1.00 bits per heavy atom. The number of anilines is 1. The quantitative estimate of drug-likeness (QED) is 0.454. The number of furan rings is 1. The molecule has 0 radical (unpaired) electrons. The van der Waals surface area contributed by atoms with Crippen LogP contribution < -0.4 is 5.32 Å². The Labute approximate surface area is 172 Å². The lowest BCUT2D eigenvalue weighted by Gasteiger charge is -2.13. The third kappa shape index (κ3) is 3.98. The molecule has 29 heavy (non-hydrogen) atoms. The van der Waals surface area contributed by atoms with Gasteiger partial charge in [-0.3, -0.25) is 9.59 Å². The van der Waals surface area contributed by atoms with Gasteiger partial charge >= 0.3 is 0 Å². The van der Waals surface area contributed by atoms with Crippen molar-refractivity contribution in [3.63, 3.8) is 0 Å². The Kier molecular flexibility index (Phi) is 5.27. The molecule has 0 saturated carbocycles. The zero-order chi connectivity index (χ0) is 20.4. The molecule has 6 heteroatoms. The van der Waals surface area contributed by atoms with Gasteiger partial charge in [0.2, 0.25) is 5.91 Å². The lowest BCUT2D eigenvalue weighted by molar-refractivity contribution is -0.115. The van der Waals surface area contributed by atoms with Crippen LogP contribution >= 0.6 is 11.8 Å². The fraction of sp³-hybridized carbons (Fsp3) is 0.130. The number of thioether (sulfide) groups is 1. The van der Waals surface area contributed by atoms with Crippen LogP contribution in [0.4, 0.5) is 10.5 Å². The molecule has 0 aliphatic heterocycles. The SMILES string of the molecule is CN(C)C(=O)Sc1ccccc1NC(=O)Cc1coc2ccc3ccccc3c12. The number of hydrogen-bond acceptors (Lipinski definition) is 4. The van der Waals surface area contributed by atoms with Crippen molar-refractivity contribution in [1.29, 1.82) is 0 Å². The molecule has 2 amide bonds. The first-order chi connectivity index (χ1) is 14.0. The number of carbonyl (C=O) groups is 2. The van der Waals surface area contributed by atoms with E-state index in [0.29, 0.717) is 10.6 Å². The van der Waals surface area contributed by atoms with Crippen molar-refractivity contribution in [2.24, 2.45) is 0 Å². The number of rotatable bonds is 4. The summed E-state index contributed by atoms with van der Waals surface area (Å²) in [5, 5.41) is 5.96. The maximum absolute atomic E-state index is 12.8. The van der Waals surface area contributed by atoms with E-state index in [1.54, 1.807) is 26.4 Å². The monoisotopic (exact) mass is 404 g/mol. The van der Waals surface area contributed by atoms with Crippen molar-refractivity contribution in [3.8, 4) is 0 Å². The normalized spacial score (nSPS) is 11.0. The lowest BCUT2D eigenvalue weighted by Crippen LogP contribution is -2.17. The Balaban J connectivity index is 1.59. The number of carbonyl (C=O) groups excluding carboxylic acids is 2. The summed E-state index contributed by atoms with van der Waals surface area (Å²) in [6.45, 7) is 0. The van der Waals surface area contributed by atoms with Gasteiger partial charge < -0.3 is 14.6 Å². The van der Waals surface area contributed by atoms with Crippen molar-refractivity contribution in [2.45, 2.75) is 11.3 Å². The first-order valence-corrected chi connectivity index (χ1v) is 10.0. The van der Waals surface area contributed by atoms with E-state index in [0.717, 1.165) is 39.1 Å². The van der Waals surface area contributed by atoms with Crippen molar-refractivity contribution in [3.05, 3.63) is 72.5 Å². The van der Waals surface area contributed by atoms with Gasteiger partial charge in [-0.1, -0.05) is 42.5 Å². The third-order valence-electron chi connectivity index (χ3n) is 4.61. The first-order valence-electron chi connectivity index (χ1n) is 9.19. The Hall–Kier alpha value is -3.25. The van der Waals surface area contributed by atoms with Crippen LogP contribution in [0.1, 0.15) is 5.56 Å². The van der Waals surface area contributed by atoms with E-state index in [9.17, 15) is 9.59 Å². The van der Waals surface area contributed by atoms with E-state index in [4.69, 9.17) is 4.42 Å². The predicted octanol–water partition coefficient (Wildman–Crippen LogP) is 5.54. The zero-order valence-electron chi connectivity index (χ0n) is 16.1. The molecule has 0 fully saturated rings. The molecule has 146 valence electrons. The largest absolute Gasteiger partial charge is 0.464 e. The summed E-state index contributed by atoms with van der Waals surface area (Å²) in [5.41, 5.74) is 2.22. The molecule has 4 rings (SSSR count). The van der Waals surface area contributed by atoms with Gasteiger partial charge in [-0.15, -0.1) is 0 Å². The second kappa shape index (κ2) is 8.01. The molecule has 0 atom stereocenters. The van der Waals surface area contributed by atoms with Crippen LogP contribution in [0.15, 0.2) is 76.2 Å². The summed E-state index contributed by atoms with van der Waals surface area (Å²) < 4.78 is 5.68. The molecule has 0 aliphatic rings. The van der Waals surface area contributed by atoms with E-state index in [2.05, 4.69) is 5.32 Å². The molecule has 1 heterocycles. The fourth-order valence-corrected chi connectivity index (χ4v) is 3.96. The van der Waals surface area contributed by atoms with Crippen molar-refractivity contribution in [1.82, 2.24) is 4.90 Å². The predicted molar refractivity (Wildman–Crippen MR) is 117 cm³/mol. The third-order valence-corrected chi connectivity index (χ3v) is 5.73. The molecule has 4 aromatic rings. The van der Waals surface area contributed by atoms with E-state index in [1.807, 2.05) is 54.6 Å². The number of para-hydroxylation sites is 1. The Morgan fingerprint density at radius 2 is 1.76 bits per heavy atom. The highest BCUT2D eigenvalue weighted by molar-refractivity contribution is 8.13. The summed E-state index contributed by atoms with van der Waals surface area (Å²) in [6.07, 6.45) is 1.83. The summed E-state index contributed by atoms with van der Waals surface area (Å²) in [7, 11) is 3.40. The summed E-state index contributed by atoms with van der Waals surface area (Å²) in [4.78, 5) is 27.0. The smallest absolute Gasteiger partial charge is 0.286 e. The van der Waals surface area contributed by atoms with E-state index in [1.165, 1.54) is 4.90 Å². The maximum atomic E-state index is 12.8. The van der Waals surface area contributed by atoms with Crippen molar-refractivity contribution < 1.29 is 14.0 Å². The van der Waals surface area contributed by atoms with Crippen LogP contribution in [0, 0.1) is 0 Å². The molecule has 0 saturated heterocycles. The van der Waals surface area contributed by atoms with E-state index in [-0.39, 0.29) is 17.6 Å². The topological polar surface area (TPSA) is 62.6 Å². The average molecular weight is 404 g/mol. The molecule has 0 unspecified atom stereocenters. The first kappa shape index (κ1) is 19.1. The van der Waals surface area contributed by atoms with Crippen molar-refractivity contribution in [2.75, 3.05) is 19.4 Å². The Morgan fingerprint density at radius 3 is 2.59 bits per heavy atom. The maximum Gasteiger partial charge on any atom is 0.286 e. The van der Waals surface area contributed by atoms with Gasteiger partial charge in [0.15, 0.2) is 0 Å². The van der Waals surface area contributed by atoms with Crippen LogP contribution in [0.25, 0.3) is 21.7 Å². The molecule has 1 aromatic heterocycles. The van der Waals surface area contributed by atoms with Gasteiger partial charge in [0.05, 0.1) is 18.4 Å². The molecule has 1 N–H and O–H groups in total. The molecule has 3 aromatic carbocycles. The molecule has 0 aliphatic carbocycles. The van der Waals surface area contributed by atoms with Gasteiger partial charge in [-0.2, -0.15) is 0 Å². The van der Waals surface area contributed by atoms with Crippen LogP contribution in [0.5, 0.6) is 0 Å². The van der Waals surface area contributed by atoms with Gasteiger partial charge in [0.1, 0.15) is 5.58 Å². The minimum Gasteiger partial charge on any atom is -0.464 e. The van der Waals surface area contributed by atoms with Crippen LogP contribution in [0.3, 0.4) is 0 Å². The highest BCUT2D eigenvalue weighted by atomic mass is 32.2. The van der Waals surface area contributed by atoms with Crippen LogP contribution in [0.2, 0.25) is 0 Å². The summed E-state index contributed by atoms with van der Waals surface area (Å²) >= 11 is 1.09. The van der Waals surface area contributed by atoms with Crippen molar-refractivity contribution >= 4 is 50.3 Å². The van der Waals surface area contributed by atoms with Crippen LogP contribution in [-0.4, -0.2) is 30.1 Å².